The maximum atomic E-state index is 14.0. The molecule has 1 N–H and O–H groups in total. The van der Waals surface area contributed by atoms with Gasteiger partial charge in [0.1, 0.15) is 5.82 Å². The standard InChI is InChI=1S/C23H24F2N6O2/c1-14(2)20-27-11-15(12-28-20)22(32)30-19-16(17-5-4-6-18(29-17)33-3)7-9-26-21(19)31-10-8-23(24,25)13-31/h4-7,9,11-12,14H,8,10,13H2,1-3H3,(H,30,32). The lowest BCUT2D eigenvalue weighted by Gasteiger charge is -2.22. The van der Waals surface area contributed by atoms with E-state index >= 15 is 0 Å². The van der Waals surface area contributed by atoms with Crippen molar-refractivity contribution in [3.63, 3.8) is 0 Å². The maximum absolute atomic E-state index is 14.0. The molecule has 1 aliphatic heterocycles. The van der Waals surface area contributed by atoms with Crippen LogP contribution in [0.1, 0.15) is 42.4 Å². The first-order valence-corrected chi connectivity index (χ1v) is 10.5. The second-order valence-corrected chi connectivity index (χ2v) is 8.09. The van der Waals surface area contributed by atoms with Crippen molar-refractivity contribution in [3.8, 4) is 17.1 Å². The molecule has 0 aliphatic carbocycles. The molecule has 0 saturated carbocycles. The number of carbonyl (C=O) groups excluding carboxylic acids is 1. The zero-order valence-corrected chi connectivity index (χ0v) is 18.5. The molecule has 1 amide bonds. The molecule has 0 unspecified atom stereocenters. The Morgan fingerprint density at radius 1 is 1.18 bits per heavy atom. The summed E-state index contributed by atoms with van der Waals surface area (Å²) >= 11 is 0. The highest BCUT2D eigenvalue weighted by atomic mass is 19.3. The molecule has 1 fully saturated rings. The van der Waals surface area contributed by atoms with Crippen LogP contribution in [0.4, 0.5) is 20.3 Å². The van der Waals surface area contributed by atoms with Crippen LogP contribution in [0.2, 0.25) is 0 Å². The molecular weight excluding hydrogens is 430 g/mol. The number of rotatable bonds is 6. The molecule has 0 radical (unpaired) electrons. The number of aromatic nitrogens is 4. The fourth-order valence-corrected chi connectivity index (χ4v) is 3.56. The van der Waals surface area contributed by atoms with Gasteiger partial charge in [-0.05, 0) is 12.1 Å². The largest absolute Gasteiger partial charge is 0.481 e. The van der Waals surface area contributed by atoms with Gasteiger partial charge in [-0.15, -0.1) is 0 Å². The number of anilines is 2. The SMILES string of the molecule is COc1cccc(-c2ccnc(N3CCC(F)(F)C3)c2NC(=O)c2cnc(C(C)C)nc2)n1. The Morgan fingerprint density at radius 2 is 1.94 bits per heavy atom. The minimum atomic E-state index is -2.83. The fraction of sp³-hybridized carbons (Fsp3) is 0.348. The van der Waals surface area contributed by atoms with E-state index in [0.29, 0.717) is 23.0 Å². The van der Waals surface area contributed by atoms with E-state index in [1.807, 2.05) is 13.8 Å². The lowest BCUT2D eigenvalue weighted by Crippen LogP contribution is -2.27. The normalized spacial score (nSPS) is 15.0. The average Bonchev–Trinajstić information content (AvgIpc) is 3.18. The second-order valence-electron chi connectivity index (χ2n) is 8.09. The van der Waals surface area contributed by atoms with Crippen LogP contribution in [0.3, 0.4) is 0 Å². The number of hydrogen-bond donors (Lipinski definition) is 1. The number of methoxy groups -OCH3 is 1. The number of nitrogens with zero attached hydrogens (tertiary/aromatic N) is 5. The van der Waals surface area contributed by atoms with E-state index < -0.39 is 18.4 Å². The Labute approximate surface area is 190 Å². The first-order valence-electron chi connectivity index (χ1n) is 10.5. The Bertz CT molecular complexity index is 1150. The van der Waals surface area contributed by atoms with E-state index in [4.69, 9.17) is 4.74 Å². The monoisotopic (exact) mass is 454 g/mol. The molecule has 172 valence electrons. The zero-order valence-electron chi connectivity index (χ0n) is 18.5. The van der Waals surface area contributed by atoms with Gasteiger partial charge in [0.15, 0.2) is 5.82 Å². The first-order chi connectivity index (χ1) is 15.8. The molecule has 1 aliphatic rings. The Kier molecular flexibility index (Phi) is 6.17. The number of ether oxygens (including phenoxy) is 1. The second kappa shape index (κ2) is 9.05. The molecular formula is C23H24F2N6O2. The van der Waals surface area contributed by atoms with Crippen LogP contribution in [0.25, 0.3) is 11.3 Å². The zero-order chi connectivity index (χ0) is 23.6. The lowest BCUT2D eigenvalue weighted by atomic mass is 10.1. The van der Waals surface area contributed by atoms with Crippen LogP contribution in [-0.2, 0) is 0 Å². The van der Waals surface area contributed by atoms with E-state index in [1.54, 1.807) is 24.3 Å². The third-order valence-electron chi connectivity index (χ3n) is 5.30. The van der Waals surface area contributed by atoms with Crippen LogP contribution in [0, 0.1) is 0 Å². The number of halogens is 2. The predicted molar refractivity (Wildman–Crippen MR) is 120 cm³/mol. The molecule has 3 aromatic heterocycles. The molecule has 8 nitrogen and oxygen atoms in total. The topological polar surface area (TPSA) is 93.1 Å². The van der Waals surface area contributed by atoms with Crippen LogP contribution in [0.5, 0.6) is 5.88 Å². The summed E-state index contributed by atoms with van der Waals surface area (Å²) in [5.74, 6) is -1.93. The number of alkyl halides is 2. The van der Waals surface area contributed by atoms with Crippen molar-refractivity contribution < 1.29 is 18.3 Å². The van der Waals surface area contributed by atoms with Gasteiger partial charge in [0.2, 0.25) is 5.88 Å². The smallest absolute Gasteiger partial charge is 0.266 e. The minimum Gasteiger partial charge on any atom is -0.481 e. The highest BCUT2D eigenvalue weighted by molar-refractivity contribution is 6.07. The van der Waals surface area contributed by atoms with Gasteiger partial charge in [0.25, 0.3) is 11.8 Å². The lowest BCUT2D eigenvalue weighted by molar-refractivity contribution is 0.0257. The quantitative estimate of drug-likeness (QED) is 0.598. The summed E-state index contributed by atoms with van der Waals surface area (Å²) in [6, 6.07) is 6.87. The number of pyridine rings is 2. The Hall–Kier alpha value is -3.69. The number of amides is 1. The molecule has 0 bridgehead atoms. The molecule has 10 heteroatoms. The number of nitrogens with one attached hydrogen (secondary N) is 1. The molecule has 0 spiro atoms. The summed E-state index contributed by atoms with van der Waals surface area (Å²) in [4.78, 5) is 31.8. The van der Waals surface area contributed by atoms with Crippen LogP contribution >= 0.6 is 0 Å². The van der Waals surface area contributed by atoms with Crippen molar-refractivity contribution in [1.29, 1.82) is 0 Å². The molecule has 3 aromatic rings. The van der Waals surface area contributed by atoms with Gasteiger partial charge >= 0.3 is 0 Å². The summed E-state index contributed by atoms with van der Waals surface area (Å²) in [6.07, 6.45) is 4.12. The third-order valence-corrected chi connectivity index (χ3v) is 5.30. The van der Waals surface area contributed by atoms with Crippen molar-refractivity contribution in [2.45, 2.75) is 32.1 Å². The molecule has 0 aromatic carbocycles. The van der Waals surface area contributed by atoms with E-state index in [9.17, 15) is 13.6 Å². The van der Waals surface area contributed by atoms with E-state index in [2.05, 4.69) is 25.3 Å². The van der Waals surface area contributed by atoms with Gasteiger partial charge in [0.05, 0.1) is 30.6 Å². The van der Waals surface area contributed by atoms with Gasteiger partial charge in [0, 0.05) is 49.1 Å². The number of carbonyl (C=O) groups is 1. The van der Waals surface area contributed by atoms with E-state index in [0.717, 1.165) is 0 Å². The molecule has 4 heterocycles. The van der Waals surface area contributed by atoms with Crippen molar-refractivity contribution in [3.05, 3.63) is 54.2 Å². The molecule has 0 atom stereocenters. The third kappa shape index (κ3) is 4.89. The highest BCUT2D eigenvalue weighted by Crippen LogP contribution is 2.38. The number of hydrogen-bond acceptors (Lipinski definition) is 7. The maximum Gasteiger partial charge on any atom is 0.266 e. The molecule has 4 rings (SSSR count). The van der Waals surface area contributed by atoms with Gasteiger partial charge in [-0.1, -0.05) is 19.9 Å². The Balaban J connectivity index is 1.75. The first kappa shape index (κ1) is 22.5. The summed E-state index contributed by atoms with van der Waals surface area (Å²) in [5, 5.41) is 2.84. The molecule has 33 heavy (non-hydrogen) atoms. The highest BCUT2D eigenvalue weighted by Gasteiger charge is 2.40. The van der Waals surface area contributed by atoms with Crippen molar-refractivity contribution in [2.24, 2.45) is 0 Å². The molecule has 1 saturated heterocycles. The van der Waals surface area contributed by atoms with Crippen LogP contribution < -0.4 is 15.0 Å². The van der Waals surface area contributed by atoms with Gasteiger partial charge < -0.3 is 15.0 Å². The summed E-state index contributed by atoms with van der Waals surface area (Å²) in [6.45, 7) is 3.54. The summed E-state index contributed by atoms with van der Waals surface area (Å²) < 4.78 is 33.1. The summed E-state index contributed by atoms with van der Waals surface area (Å²) in [7, 11) is 1.50. The fourth-order valence-electron chi connectivity index (χ4n) is 3.56. The summed E-state index contributed by atoms with van der Waals surface area (Å²) in [5.41, 5.74) is 1.56. The van der Waals surface area contributed by atoms with Gasteiger partial charge in [-0.2, -0.15) is 0 Å². The van der Waals surface area contributed by atoms with Gasteiger partial charge in [-0.25, -0.2) is 28.7 Å². The van der Waals surface area contributed by atoms with Gasteiger partial charge in [-0.3, -0.25) is 4.79 Å². The van der Waals surface area contributed by atoms with Crippen molar-refractivity contribution in [1.82, 2.24) is 19.9 Å². The minimum absolute atomic E-state index is 0.115. The van der Waals surface area contributed by atoms with Crippen molar-refractivity contribution in [2.75, 3.05) is 30.4 Å². The van der Waals surface area contributed by atoms with Crippen molar-refractivity contribution >= 4 is 17.4 Å². The average molecular weight is 454 g/mol. The van der Waals surface area contributed by atoms with E-state index in [1.165, 1.54) is 30.6 Å². The predicted octanol–water partition coefficient (Wildman–Crippen LogP) is 4.16. The van der Waals surface area contributed by atoms with Crippen LogP contribution in [0.15, 0.2) is 42.9 Å². The van der Waals surface area contributed by atoms with Crippen LogP contribution in [-0.4, -0.2) is 52.0 Å². The van der Waals surface area contributed by atoms with E-state index in [-0.39, 0.29) is 36.0 Å². The Morgan fingerprint density at radius 3 is 2.58 bits per heavy atom.